The summed E-state index contributed by atoms with van der Waals surface area (Å²) >= 11 is 0. The number of likely N-dealkylation sites (tertiary alicyclic amines) is 1. The maximum atomic E-state index is 13.0. The lowest BCUT2D eigenvalue weighted by Gasteiger charge is -2.32. The van der Waals surface area contributed by atoms with Crippen LogP contribution in [0.2, 0.25) is 0 Å². The van der Waals surface area contributed by atoms with Crippen LogP contribution in [0.15, 0.2) is 18.2 Å². The number of hydrogen-bond acceptors (Lipinski definition) is 3. The van der Waals surface area contributed by atoms with E-state index in [0.29, 0.717) is 18.2 Å². The van der Waals surface area contributed by atoms with Gasteiger partial charge >= 0.3 is 6.18 Å². The van der Waals surface area contributed by atoms with E-state index >= 15 is 0 Å². The van der Waals surface area contributed by atoms with Crippen LogP contribution in [0.4, 0.5) is 18.9 Å². The number of rotatable bonds is 3. The van der Waals surface area contributed by atoms with Crippen molar-refractivity contribution in [2.75, 3.05) is 25.9 Å². The van der Waals surface area contributed by atoms with Crippen LogP contribution in [0.5, 0.6) is 0 Å². The summed E-state index contributed by atoms with van der Waals surface area (Å²) in [5, 5.41) is 3.21. The van der Waals surface area contributed by atoms with Crippen molar-refractivity contribution in [2.45, 2.75) is 31.6 Å². The van der Waals surface area contributed by atoms with Gasteiger partial charge in [0, 0.05) is 18.3 Å². The van der Waals surface area contributed by atoms with E-state index in [2.05, 4.69) is 10.2 Å². The van der Waals surface area contributed by atoms with Gasteiger partial charge in [0.1, 0.15) is 0 Å². The molecule has 0 aromatic heterocycles. The Balaban J connectivity index is 2.10. The van der Waals surface area contributed by atoms with E-state index < -0.39 is 11.7 Å². The Morgan fingerprint density at radius 1 is 1.30 bits per heavy atom. The lowest BCUT2D eigenvalue weighted by Crippen LogP contribution is -2.41. The van der Waals surface area contributed by atoms with Crippen molar-refractivity contribution in [1.82, 2.24) is 10.2 Å². The van der Waals surface area contributed by atoms with Gasteiger partial charge in [-0.2, -0.15) is 13.2 Å². The molecule has 0 spiro atoms. The maximum Gasteiger partial charge on any atom is 0.416 e. The van der Waals surface area contributed by atoms with Gasteiger partial charge in [-0.15, -0.1) is 0 Å². The average molecular weight is 287 g/mol. The summed E-state index contributed by atoms with van der Waals surface area (Å²) in [6, 6.07) is 4.52. The van der Waals surface area contributed by atoms with Gasteiger partial charge < -0.3 is 11.1 Å². The molecule has 1 aromatic carbocycles. The SMILES string of the molecule is CNC1CCN(Cc2ccc(N)cc2C(F)(F)F)CC1. The Kier molecular flexibility index (Phi) is 4.55. The summed E-state index contributed by atoms with van der Waals surface area (Å²) < 4.78 is 39.0. The van der Waals surface area contributed by atoms with Gasteiger partial charge in [-0.05, 0) is 50.7 Å². The number of benzene rings is 1. The molecule has 0 radical (unpaired) electrons. The molecule has 0 atom stereocenters. The van der Waals surface area contributed by atoms with Crippen LogP contribution in [0.25, 0.3) is 0 Å². The quantitative estimate of drug-likeness (QED) is 0.839. The van der Waals surface area contributed by atoms with E-state index in [0.717, 1.165) is 32.0 Å². The highest BCUT2D eigenvalue weighted by atomic mass is 19.4. The maximum absolute atomic E-state index is 13.0. The van der Waals surface area contributed by atoms with E-state index in [9.17, 15) is 13.2 Å². The first-order chi connectivity index (χ1) is 9.40. The predicted octanol–water partition coefficient (Wildman–Crippen LogP) is 2.47. The predicted molar refractivity (Wildman–Crippen MR) is 73.2 cm³/mol. The largest absolute Gasteiger partial charge is 0.416 e. The summed E-state index contributed by atoms with van der Waals surface area (Å²) in [6.45, 7) is 1.95. The number of nitrogens with two attached hydrogens (primary N) is 1. The number of alkyl halides is 3. The molecule has 2 rings (SSSR count). The van der Waals surface area contributed by atoms with Crippen molar-refractivity contribution in [3.63, 3.8) is 0 Å². The number of nitrogens with zero attached hydrogens (tertiary/aromatic N) is 1. The highest BCUT2D eigenvalue weighted by molar-refractivity contribution is 5.46. The van der Waals surface area contributed by atoms with E-state index in [1.165, 1.54) is 12.1 Å². The van der Waals surface area contributed by atoms with Crippen molar-refractivity contribution >= 4 is 5.69 Å². The molecule has 0 unspecified atom stereocenters. The molecule has 1 saturated heterocycles. The van der Waals surface area contributed by atoms with Crippen molar-refractivity contribution in [2.24, 2.45) is 0 Å². The van der Waals surface area contributed by atoms with Gasteiger partial charge in [0.2, 0.25) is 0 Å². The molecule has 0 saturated carbocycles. The zero-order chi connectivity index (χ0) is 14.8. The van der Waals surface area contributed by atoms with Crippen molar-refractivity contribution < 1.29 is 13.2 Å². The number of nitrogen functional groups attached to an aromatic ring is 1. The third-order valence-corrected chi connectivity index (χ3v) is 3.83. The molecule has 0 aliphatic carbocycles. The van der Waals surface area contributed by atoms with Crippen molar-refractivity contribution in [3.8, 4) is 0 Å². The van der Waals surface area contributed by atoms with Gasteiger partial charge in [0.25, 0.3) is 0 Å². The third kappa shape index (κ3) is 3.64. The molecular formula is C14H20F3N3. The molecule has 1 aromatic rings. The van der Waals surface area contributed by atoms with E-state index in [1.54, 1.807) is 0 Å². The van der Waals surface area contributed by atoms with Crippen LogP contribution >= 0.6 is 0 Å². The Morgan fingerprint density at radius 3 is 2.50 bits per heavy atom. The molecular weight excluding hydrogens is 267 g/mol. The molecule has 1 heterocycles. The summed E-state index contributed by atoms with van der Waals surface area (Å²) in [5.41, 5.74) is 5.30. The number of anilines is 1. The monoisotopic (exact) mass is 287 g/mol. The molecule has 1 aliphatic heterocycles. The fraction of sp³-hybridized carbons (Fsp3) is 0.571. The fourth-order valence-electron chi connectivity index (χ4n) is 2.62. The minimum absolute atomic E-state index is 0.148. The number of hydrogen-bond donors (Lipinski definition) is 2. The smallest absolute Gasteiger partial charge is 0.399 e. The molecule has 3 N–H and O–H groups in total. The van der Waals surface area contributed by atoms with Crippen LogP contribution in [0.3, 0.4) is 0 Å². The zero-order valence-corrected chi connectivity index (χ0v) is 11.5. The van der Waals surface area contributed by atoms with E-state index in [4.69, 9.17) is 5.73 Å². The average Bonchev–Trinajstić information content (AvgIpc) is 2.40. The molecule has 3 nitrogen and oxygen atoms in total. The van der Waals surface area contributed by atoms with Crippen LogP contribution in [0, 0.1) is 0 Å². The highest BCUT2D eigenvalue weighted by Gasteiger charge is 2.34. The Morgan fingerprint density at radius 2 is 1.95 bits per heavy atom. The first kappa shape index (κ1) is 15.1. The zero-order valence-electron chi connectivity index (χ0n) is 11.5. The summed E-state index contributed by atoms with van der Waals surface area (Å²) in [6.07, 6.45) is -2.42. The molecule has 20 heavy (non-hydrogen) atoms. The molecule has 0 amide bonds. The van der Waals surface area contributed by atoms with Gasteiger partial charge in [-0.25, -0.2) is 0 Å². The minimum atomic E-state index is -4.35. The van der Waals surface area contributed by atoms with Crippen LogP contribution in [-0.4, -0.2) is 31.1 Å². The lowest BCUT2D eigenvalue weighted by molar-refractivity contribution is -0.138. The topological polar surface area (TPSA) is 41.3 Å². The molecule has 1 aliphatic rings. The second-order valence-corrected chi connectivity index (χ2v) is 5.25. The molecule has 0 bridgehead atoms. The highest BCUT2D eigenvalue weighted by Crippen LogP contribution is 2.34. The Hall–Kier alpha value is -1.27. The first-order valence-corrected chi connectivity index (χ1v) is 6.75. The standard InChI is InChI=1S/C14H20F3N3/c1-19-12-4-6-20(7-5-12)9-10-2-3-11(18)8-13(10)14(15,16)17/h2-3,8,12,19H,4-7,9,18H2,1H3. The molecule has 6 heteroatoms. The first-order valence-electron chi connectivity index (χ1n) is 6.75. The Bertz CT molecular complexity index is 451. The normalized spacial score (nSPS) is 18.4. The number of nitrogens with one attached hydrogen (secondary N) is 1. The number of halogens is 3. The van der Waals surface area contributed by atoms with E-state index in [1.807, 2.05) is 7.05 Å². The molecule has 1 fully saturated rings. The lowest BCUT2D eigenvalue weighted by atomic mass is 10.0. The Labute approximate surface area is 116 Å². The van der Waals surface area contributed by atoms with Gasteiger partial charge in [-0.1, -0.05) is 6.07 Å². The number of piperidine rings is 1. The second-order valence-electron chi connectivity index (χ2n) is 5.25. The van der Waals surface area contributed by atoms with Gasteiger partial charge in [0.15, 0.2) is 0 Å². The summed E-state index contributed by atoms with van der Waals surface area (Å²) in [7, 11) is 1.92. The summed E-state index contributed by atoms with van der Waals surface area (Å²) in [5.74, 6) is 0. The van der Waals surface area contributed by atoms with Crippen LogP contribution < -0.4 is 11.1 Å². The molecule has 112 valence electrons. The van der Waals surface area contributed by atoms with Crippen LogP contribution in [0.1, 0.15) is 24.0 Å². The van der Waals surface area contributed by atoms with Gasteiger partial charge in [0.05, 0.1) is 5.56 Å². The van der Waals surface area contributed by atoms with Crippen LogP contribution in [-0.2, 0) is 12.7 Å². The van der Waals surface area contributed by atoms with E-state index in [-0.39, 0.29) is 5.69 Å². The van der Waals surface area contributed by atoms with Crippen molar-refractivity contribution in [1.29, 1.82) is 0 Å². The van der Waals surface area contributed by atoms with Gasteiger partial charge in [-0.3, -0.25) is 4.90 Å². The second kappa shape index (κ2) is 6.01. The minimum Gasteiger partial charge on any atom is -0.399 e. The third-order valence-electron chi connectivity index (χ3n) is 3.83. The fourth-order valence-corrected chi connectivity index (χ4v) is 2.62. The summed E-state index contributed by atoms with van der Waals surface area (Å²) in [4.78, 5) is 2.06. The van der Waals surface area contributed by atoms with Crippen molar-refractivity contribution in [3.05, 3.63) is 29.3 Å².